The van der Waals surface area contributed by atoms with Crippen molar-refractivity contribution in [2.75, 3.05) is 0 Å². The number of nitrogens with one attached hydrogen (secondary N) is 1. The van der Waals surface area contributed by atoms with Crippen LogP contribution in [0.25, 0.3) is 0 Å². The van der Waals surface area contributed by atoms with E-state index >= 15 is 0 Å². The van der Waals surface area contributed by atoms with Gasteiger partial charge < -0.3 is 4.98 Å². The van der Waals surface area contributed by atoms with Gasteiger partial charge in [0.15, 0.2) is 5.16 Å². The quantitative estimate of drug-likeness (QED) is 0.629. The minimum absolute atomic E-state index is 0.130. The third-order valence-corrected chi connectivity index (χ3v) is 4.78. The molecule has 106 valence electrons. The molecule has 0 saturated heterocycles. The Kier molecular flexibility index (Phi) is 4.54. The van der Waals surface area contributed by atoms with Gasteiger partial charge in [-0.3, -0.25) is 0 Å². The number of imidazole rings is 1. The van der Waals surface area contributed by atoms with Gasteiger partial charge in [-0.15, -0.1) is 0 Å². The lowest BCUT2D eigenvalue weighted by Crippen LogP contribution is -1.97. The van der Waals surface area contributed by atoms with Crippen molar-refractivity contribution in [3.63, 3.8) is 0 Å². The number of aromatic amines is 1. The van der Waals surface area contributed by atoms with Crippen molar-refractivity contribution in [2.45, 2.75) is 10.4 Å². The fourth-order valence-corrected chi connectivity index (χ4v) is 3.35. The SMILES string of the molecule is Clc1ccc(C(Sc2ncc[nH]2)c2ccc(Cl)cc2)cc1. The van der Waals surface area contributed by atoms with E-state index in [1.807, 2.05) is 54.7 Å². The van der Waals surface area contributed by atoms with Crippen molar-refractivity contribution in [1.29, 1.82) is 0 Å². The molecule has 0 spiro atoms. The maximum atomic E-state index is 5.98. The number of benzene rings is 2. The minimum atomic E-state index is 0.130. The van der Waals surface area contributed by atoms with Crippen LogP contribution in [0.4, 0.5) is 0 Å². The third kappa shape index (κ3) is 3.62. The summed E-state index contributed by atoms with van der Waals surface area (Å²) in [6, 6.07) is 15.8. The molecule has 1 heterocycles. The Morgan fingerprint density at radius 3 is 1.81 bits per heavy atom. The number of H-pyrrole nitrogens is 1. The van der Waals surface area contributed by atoms with Crippen LogP contribution in [-0.4, -0.2) is 9.97 Å². The third-order valence-electron chi connectivity index (χ3n) is 3.05. The molecular weight excluding hydrogens is 323 g/mol. The fourth-order valence-electron chi connectivity index (χ4n) is 2.03. The summed E-state index contributed by atoms with van der Waals surface area (Å²) in [6.07, 6.45) is 3.58. The molecule has 21 heavy (non-hydrogen) atoms. The zero-order valence-corrected chi connectivity index (χ0v) is 13.3. The lowest BCUT2D eigenvalue weighted by molar-refractivity contribution is 1.04. The Morgan fingerprint density at radius 2 is 1.38 bits per heavy atom. The molecule has 5 heteroatoms. The first-order valence-corrected chi connectivity index (χ1v) is 8.03. The summed E-state index contributed by atoms with van der Waals surface area (Å²) in [5.41, 5.74) is 2.34. The van der Waals surface area contributed by atoms with Crippen molar-refractivity contribution in [3.05, 3.63) is 82.1 Å². The zero-order valence-electron chi connectivity index (χ0n) is 11.0. The van der Waals surface area contributed by atoms with Gasteiger partial charge in [-0.2, -0.15) is 0 Å². The first-order chi connectivity index (χ1) is 10.2. The van der Waals surface area contributed by atoms with Crippen LogP contribution in [0.3, 0.4) is 0 Å². The summed E-state index contributed by atoms with van der Waals surface area (Å²) in [6.45, 7) is 0. The number of nitrogens with zero attached hydrogens (tertiary/aromatic N) is 1. The predicted octanol–water partition coefficient (Wildman–Crippen LogP) is 5.60. The van der Waals surface area contributed by atoms with Crippen LogP contribution in [-0.2, 0) is 0 Å². The highest BCUT2D eigenvalue weighted by atomic mass is 35.5. The van der Waals surface area contributed by atoms with E-state index in [9.17, 15) is 0 Å². The van der Waals surface area contributed by atoms with E-state index in [0.29, 0.717) is 0 Å². The van der Waals surface area contributed by atoms with Crippen molar-refractivity contribution < 1.29 is 0 Å². The number of hydrogen-bond acceptors (Lipinski definition) is 2. The number of thioether (sulfide) groups is 1. The van der Waals surface area contributed by atoms with Gasteiger partial charge in [-0.05, 0) is 35.4 Å². The van der Waals surface area contributed by atoms with Gasteiger partial charge in [0.1, 0.15) is 0 Å². The molecule has 0 aliphatic carbocycles. The van der Waals surface area contributed by atoms with Crippen LogP contribution in [0.5, 0.6) is 0 Å². The summed E-state index contributed by atoms with van der Waals surface area (Å²) >= 11 is 13.6. The molecular formula is C16H12Cl2N2S. The second kappa shape index (κ2) is 6.56. The van der Waals surface area contributed by atoms with E-state index in [2.05, 4.69) is 9.97 Å². The largest absolute Gasteiger partial charge is 0.340 e. The second-order valence-corrected chi connectivity index (χ2v) is 6.46. The van der Waals surface area contributed by atoms with Gasteiger partial charge in [0.05, 0.1) is 5.25 Å². The molecule has 1 N–H and O–H groups in total. The molecule has 0 aliphatic rings. The minimum Gasteiger partial charge on any atom is -0.340 e. The molecule has 2 aromatic carbocycles. The van der Waals surface area contributed by atoms with Crippen molar-refractivity contribution in [1.82, 2.24) is 9.97 Å². The topological polar surface area (TPSA) is 28.7 Å². The van der Waals surface area contributed by atoms with Gasteiger partial charge in [0, 0.05) is 22.4 Å². The van der Waals surface area contributed by atoms with Gasteiger partial charge in [0.25, 0.3) is 0 Å². The maximum absolute atomic E-state index is 5.98. The summed E-state index contributed by atoms with van der Waals surface area (Å²) < 4.78 is 0. The lowest BCUT2D eigenvalue weighted by Gasteiger charge is -2.16. The van der Waals surface area contributed by atoms with Crippen LogP contribution in [0.15, 0.2) is 66.1 Å². The molecule has 0 radical (unpaired) electrons. The van der Waals surface area contributed by atoms with Crippen molar-refractivity contribution >= 4 is 35.0 Å². The Hall–Kier alpha value is -1.42. The highest BCUT2D eigenvalue weighted by Crippen LogP contribution is 2.39. The van der Waals surface area contributed by atoms with Gasteiger partial charge in [0.2, 0.25) is 0 Å². The highest BCUT2D eigenvalue weighted by Gasteiger charge is 2.17. The van der Waals surface area contributed by atoms with Crippen LogP contribution in [0.1, 0.15) is 16.4 Å². The fraction of sp³-hybridized carbons (Fsp3) is 0.0625. The first kappa shape index (κ1) is 14.5. The van der Waals surface area contributed by atoms with E-state index < -0.39 is 0 Å². The average Bonchev–Trinajstić information content (AvgIpc) is 3.00. The molecule has 1 aromatic heterocycles. The van der Waals surface area contributed by atoms with Crippen LogP contribution < -0.4 is 0 Å². The van der Waals surface area contributed by atoms with Gasteiger partial charge in [-0.25, -0.2) is 4.98 Å². The normalized spacial score (nSPS) is 11.0. The Morgan fingerprint density at radius 1 is 0.857 bits per heavy atom. The molecule has 3 rings (SSSR count). The average molecular weight is 335 g/mol. The smallest absolute Gasteiger partial charge is 0.166 e. The van der Waals surface area contributed by atoms with E-state index in [-0.39, 0.29) is 5.25 Å². The molecule has 0 fully saturated rings. The zero-order chi connectivity index (χ0) is 14.7. The van der Waals surface area contributed by atoms with Crippen LogP contribution >= 0.6 is 35.0 Å². The van der Waals surface area contributed by atoms with E-state index in [0.717, 1.165) is 15.2 Å². The van der Waals surface area contributed by atoms with Crippen LogP contribution in [0.2, 0.25) is 10.0 Å². The standard InChI is InChI=1S/C16H12Cl2N2S/c17-13-5-1-11(2-6-13)15(21-16-19-9-10-20-16)12-3-7-14(18)8-4-12/h1-10,15H,(H,19,20). The van der Waals surface area contributed by atoms with E-state index in [1.54, 1.807) is 18.0 Å². The Balaban J connectivity index is 1.97. The maximum Gasteiger partial charge on any atom is 0.166 e. The number of rotatable bonds is 4. The number of hydrogen-bond donors (Lipinski definition) is 1. The second-order valence-electron chi connectivity index (χ2n) is 4.50. The summed E-state index contributed by atoms with van der Waals surface area (Å²) in [4.78, 5) is 7.43. The Labute approximate surface area is 137 Å². The molecule has 0 unspecified atom stereocenters. The molecule has 2 nitrogen and oxygen atoms in total. The number of halogens is 2. The van der Waals surface area contributed by atoms with Crippen molar-refractivity contribution in [3.8, 4) is 0 Å². The molecule has 0 saturated carbocycles. The monoisotopic (exact) mass is 334 g/mol. The Bertz CT molecular complexity index is 649. The summed E-state index contributed by atoms with van der Waals surface area (Å²) in [7, 11) is 0. The van der Waals surface area contributed by atoms with Crippen LogP contribution in [0, 0.1) is 0 Å². The van der Waals surface area contributed by atoms with Crippen molar-refractivity contribution in [2.24, 2.45) is 0 Å². The molecule has 3 aromatic rings. The summed E-state index contributed by atoms with van der Waals surface area (Å²) in [5.74, 6) is 0. The van der Waals surface area contributed by atoms with Gasteiger partial charge in [-0.1, -0.05) is 59.2 Å². The predicted molar refractivity (Wildman–Crippen MR) is 89.2 cm³/mol. The molecule has 0 bridgehead atoms. The highest BCUT2D eigenvalue weighted by molar-refractivity contribution is 7.99. The molecule has 0 aliphatic heterocycles. The summed E-state index contributed by atoms with van der Waals surface area (Å²) in [5, 5.41) is 2.48. The van der Waals surface area contributed by atoms with E-state index in [1.165, 1.54) is 11.1 Å². The molecule has 0 amide bonds. The number of aromatic nitrogens is 2. The van der Waals surface area contributed by atoms with Gasteiger partial charge >= 0.3 is 0 Å². The molecule has 0 atom stereocenters. The first-order valence-electron chi connectivity index (χ1n) is 6.39. The lowest BCUT2D eigenvalue weighted by atomic mass is 10.0. The van der Waals surface area contributed by atoms with E-state index in [4.69, 9.17) is 23.2 Å².